The highest BCUT2D eigenvalue weighted by atomic mass is 16.7. The number of phenolic OH excluding ortho intramolecular Hbond substituents is 1. The van der Waals surface area contributed by atoms with Gasteiger partial charge in [-0.05, 0) is 46.3 Å². The Hall–Kier alpha value is -2.93. The van der Waals surface area contributed by atoms with E-state index in [-0.39, 0.29) is 41.2 Å². The number of carbonyl (C=O) groups is 3. The SMILES string of the molecule is C[C@@H]1O[C@H](O[C@H]2CC[C@H](O[C@@H]3C[C@H](c4ccc5c(c4O)C(=O)C4=C(C5=O)[C@@]5(O)C(=O)C[C@](C)(O)C[C@@]5(O)C=C4)O[C@H](C)[C@H]3O)O[C@H]2C)C[C@H](O)[C@H]1O. The molecule has 3 aliphatic carbocycles. The number of fused-ring (bicyclic) bond motifs is 3. The number of allylic oxidation sites excluding steroid dienone is 2. The van der Waals surface area contributed by atoms with Crippen molar-refractivity contribution in [3.8, 4) is 5.75 Å². The number of hydrogen-bond donors (Lipinski definition) is 7. The second-order valence-electron chi connectivity index (χ2n) is 15.4. The zero-order valence-corrected chi connectivity index (χ0v) is 29.3. The quantitative estimate of drug-likeness (QED) is 0.219. The molecule has 0 amide bonds. The molecule has 3 saturated heterocycles. The first-order valence-electron chi connectivity index (χ1n) is 17.8. The van der Waals surface area contributed by atoms with Gasteiger partial charge in [0.25, 0.3) is 0 Å². The molecule has 0 spiro atoms. The maximum Gasteiger partial charge on any atom is 0.198 e. The predicted octanol–water partition coefficient (Wildman–Crippen LogP) is 0.577. The lowest BCUT2D eigenvalue weighted by Gasteiger charge is -2.51. The molecule has 15 nitrogen and oxygen atoms in total. The molecule has 4 fully saturated rings. The van der Waals surface area contributed by atoms with Gasteiger partial charge >= 0.3 is 0 Å². The van der Waals surface area contributed by atoms with Gasteiger partial charge in [0.05, 0.1) is 59.5 Å². The van der Waals surface area contributed by atoms with Crippen LogP contribution >= 0.6 is 0 Å². The Morgan fingerprint density at radius 1 is 0.808 bits per heavy atom. The van der Waals surface area contributed by atoms with E-state index in [0.717, 1.165) is 12.2 Å². The smallest absolute Gasteiger partial charge is 0.198 e. The molecule has 7 N–H and O–H groups in total. The Bertz CT molecular complexity index is 1710. The van der Waals surface area contributed by atoms with Gasteiger partial charge in [0, 0.05) is 48.8 Å². The summed E-state index contributed by atoms with van der Waals surface area (Å²) in [5, 5.41) is 76.3. The standard InChI is InChI=1S/C37H46O15/c1-15-22(51-27-11-21(38)30(40)16(2)50-27)7-8-26(49-15)52-24-12-23(48-17(3)31(24)41)18-5-6-19-28(32(18)42)33(43)20-9-10-36(46)14-35(4,45)13-25(39)37(36,47)29(20)34(19)44/h5-6,9-10,15-17,21-24,26-27,30-31,38,40-42,45-47H,7-8,11-14H2,1-4H3/t15-,16-,17+,21-,22-,23+,24+,26-,27+,30-,31+,35-,36-,37-/m0/s1. The zero-order valence-electron chi connectivity index (χ0n) is 29.3. The topological polar surface area (TPSA) is 239 Å². The summed E-state index contributed by atoms with van der Waals surface area (Å²) in [6.45, 7) is 6.42. The fourth-order valence-electron chi connectivity index (χ4n) is 8.65. The lowest BCUT2D eigenvalue weighted by Crippen LogP contribution is -2.69. The third kappa shape index (κ3) is 6.00. The van der Waals surface area contributed by atoms with Crippen LogP contribution in [0.1, 0.15) is 98.6 Å². The molecule has 0 aromatic heterocycles. The molecule has 1 aromatic carbocycles. The number of carbonyl (C=O) groups excluding carboxylic acids is 3. The minimum atomic E-state index is -2.79. The largest absolute Gasteiger partial charge is 0.507 e. The van der Waals surface area contributed by atoms with Gasteiger partial charge in [-0.1, -0.05) is 12.1 Å². The van der Waals surface area contributed by atoms with Crippen LogP contribution in [0.15, 0.2) is 35.4 Å². The van der Waals surface area contributed by atoms with Crippen molar-refractivity contribution in [1.82, 2.24) is 0 Å². The average Bonchev–Trinajstić information content (AvgIpc) is 3.06. The van der Waals surface area contributed by atoms with Crippen molar-refractivity contribution in [2.45, 2.75) is 151 Å². The molecule has 0 bridgehead atoms. The van der Waals surface area contributed by atoms with E-state index >= 15 is 0 Å². The molecule has 14 atom stereocenters. The summed E-state index contributed by atoms with van der Waals surface area (Å²) in [5.74, 6) is -3.34. The van der Waals surface area contributed by atoms with E-state index in [1.54, 1.807) is 13.8 Å². The van der Waals surface area contributed by atoms with E-state index in [2.05, 4.69) is 0 Å². The van der Waals surface area contributed by atoms with Gasteiger partial charge in [0.1, 0.15) is 23.6 Å². The molecule has 1 saturated carbocycles. The number of phenols is 1. The number of hydrogen-bond acceptors (Lipinski definition) is 15. The summed E-state index contributed by atoms with van der Waals surface area (Å²) in [6.07, 6.45) is -6.22. The predicted molar refractivity (Wildman–Crippen MR) is 176 cm³/mol. The van der Waals surface area contributed by atoms with E-state index in [9.17, 15) is 50.1 Å². The Morgan fingerprint density at radius 2 is 1.48 bits per heavy atom. The van der Waals surface area contributed by atoms with Gasteiger partial charge in [0.2, 0.25) is 0 Å². The van der Waals surface area contributed by atoms with Crippen LogP contribution in [-0.4, -0.2) is 131 Å². The second-order valence-corrected chi connectivity index (χ2v) is 15.4. The van der Waals surface area contributed by atoms with Crippen LogP contribution in [0.5, 0.6) is 5.75 Å². The lowest BCUT2D eigenvalue weighted by molar-refractivity contribution is -0.306. The number of aliphatic hydroxyl groups is 6. The first-order valence-corrected chi connectivity index (χ1v) is 17.8. The number of aromatic hydroxyl groups is 1. The van der Waals surface area contributed by atoms with E-state index in [1.165, 1.54) is 19.1 Å². The summed E-state index contributed by atoms with van der Waals surface area (Å²) in [5.41, 5.74) is -8.26. The molecule has 52 heavy (non-hydrogen) atoms. The van der Waals surface area contributed by atoms with Crippen LogP contribution in [0.2, 0.25) is 0 Å². The maximum atomic E-state index is 13.9. The monoisotopic (exact) mass is 730 g/mol. The highest BCUT2D eigenvalue weighted by Crippen LogP contribution is 2.52. The normalized spacial score (nSPS) is 45.0. The number of benzene rings is 1. The van der Waals surface area contributed by atoms with Crippen LogP contribution in [0, 0.1) is 0 Å². The minimum Gasteiger partial charge on any atom is -0.507 e. The van der Waals surface area contributed by atoms with E-state index < -0.39 is 120 Å². The first kappa shape index (κ1) is 37.4. The number of ketones is 3. The van der Waals surface area contributed by atoms with Crippen molar-refractivity contribution in [2.24, 2.45) is 0 Å². The molecule has 284 valence electrons. The maximum absolute atomic E-state index is 13.9. The van der Waals surface area contributed by atoms with Gasteiger partial charge in [0.15, 0.2) is 35.5 Å². The van der Waals surface area contributed by atoms with Crippen molar-refractivity contribution in [1.29, 1.82) is 0 Å². The first-order chi connectivity index (χ1) is 24.3. The average molecular weight is 731 g/mol. The third-order valence-electron chi connectivity index (χ3n) is 11.5. The molecule has 3 heterocycles. The summed E-state index contributed by atoms with van der Waals surface area (Å²) >= 11 is 0. The Kier molecular flexibility index (Phi) is 9.44. The van der Waals surface area contributed by atoms with Gasteiger partial charge in [-0.15, -0.1) is 0 Å². The molecule has 3 aliphatic heterocycles. The molecule has 0 unspecified atom stereocenters. The van der Waals surface area contributed by atoms with Crippen LogP contribution in [-0.2, 0) is 28.5 Å². The molecular weight excluding hydrogens is 684 g/mol. The van der Waals surface area contributed by atoms with Gasteiger partial charge in [-0.3, -0.25) is 14.4 Å². The number of aliphatic hydroxyl groups excluding tert-OH is 3. The van der Waals surface area contributed by atoms with E-state index in [0.29, 0.717) is 12.8 Å². The highest BCUT2D eigenvalue weighted by molar-refractivity contribution is 6.32. The van der Waals surface area contributed by atoms with Crippen molar-refractivity contribution >= 4 is 17.3 Å². The third-order valence-corrected chi connectivity index (χ3v) is 11.5. The fourth-order valence-corrected chi connectivity index (χ4v) is 8.65. The molecular formula is C37H46O15. The fraction of sp³-hybridized carbons (Fsp3) is 0.649. The Labute approximate surface area is 299 Å². The van der Waals surface area contributed by atoms with E-state index in [4.69, 9.17) is 23.7 Å². The van der Waals surface area contributed by atoms with Crippen LogP contribution in [0.4, 0.5) is 0 Å². The molecule has 1 aromatic rings. The highest BCUT2D eigenvalue weighted by Gasteiger charge is 2.66. The molecule has 0 radical (unpaired) electrons. The lowest BCUT2D eigenvalue weighted by atomic mass is 9.57. The summed E-state index contributed by atoms with van der Waals surface area (Å²) < 4.78 is 30.2. The van der Waals surface area contributed by atoms with Gasteiger partial charge in [-0.2, -0.15) is 0 Å². The molecule has 7 rings (SSSR count). The van der Waals surface area contributed by atoms with Gasteiger partial charge < -0.3 is 59.4 Å². The number of ether oxygens (including phenoxy) is 5. The van der Waals surface area contributed by atoms with Crippen molar-refractivity contribution in [3.05, 3.63) is 52.1 Å². The summed E-state index contributed by atoms with van der Waals surface area (Å²) in [7, 11) is 0. The summed E-state index contributed by atoms with van der Waals surface area (Å²) in [6, 6.07) is 2.68. The Balaban J connectivity index is 1.07. The van der Waals surface area contributed by atoms with Crippen molar-refractivity contribution < 1.29 is 73.8 Å². The van der Waals surface area contributed by atoms with E-state index in [1.807, 2.05) is 6.92 Å². The zero-order chi connectivity index (χ0) is 37.7. The number of rotatable bonds is 5. The molecule has 15 heteroatoms. The minimum absolute atomic E-state index is 0.0389. The van der Waals surface area contributed by atoms with Crippen LogP contribution in [0.25, 0.3) is 0 Å². The Morgan fingerprint density at radius 3 is 2.17 bits per heavy atom. The van der Waals surface area contributed by atoms with Crippen LogP contribution < -0.4 is 0 Å². The second kappa shape index (κ2) is 13.1. The molecule has 6 aliphatic rings. The number of Topliss-reactive ketones (excluding diaryl/α,β-unsaturated/α-hetero) is 3. The van der Waals surface area contributed by atoms with Crippen LogP contribution in [0.3, 0.4) is 0 Å². The van der Waals surface area contributed by atoms with Crippen molar-refractivity contribution in [3.63, 3.8) is 0 Å². The summed E-state index contributed by atoms with van der Waals surface area (Å²) in [4.78, 5) is 41.1. The van der Waals surface area contributed by atoms with Crippen molar-refractivity contribution in [2.75, 3.05) is 0 Å². The van der Waals surface area contributed by atoms with Gasteiger partial charge in [-0.25, -0.2) is 0 Å².